The molecule has 0 radical (unpaired) electrons. The van der Waals surface area contributed by atoms with Crippen LogP contribution in [0.1, 0.15) is 74.6 Å². The van der Waals surface area contributed by atoms with Gasteiger partial charge >= 0.3 is 0 Å². The summed E-state index contributed by atoms with van der Waals surface area (Å²) in [5.41, 5.74) is 6.03. The third kappa shape index (κ3) is 4.08. The molecule has 0 aliphatic heterocycles. The molecule has 0 bridgehead atoms. The van der Waals surface area contributed by atoms with E-state index in [2.05, 4.69) is 52.0 Å². The summed E-state index contributed by atoms with van der Waals surface area (Å²) in [6.45, 7) is 9.05. The number of unbranched alkanes of at least 4 members (excludes halogenated alkanes) is 4. The van der Waals surface area contributed by atoms with Crippen LogP contribution in [0.25, 0.3) is 20.2 Å². The average molecular weight is 353 g/mol. The van der Waals surface area contributed by atoms with Gasteiger partial charge in [-0.15, -0.1) is 11.3 Å². The molecular formula is C24H32S. The van der Waals surface area contributed by atoms with E-state index in [0.29, 0.717) is 0 Å². The highest BCUT2D eigenvalue weighted by atomic mass is 32.1. The van der Waals surface area contributed by atoms with E-state index in [9.17, 15) is 0 Å². The van der Waals surface area contributed by atoms with Gasteiger partial charge in [-0.25, -0.2) is 0 Å². The molecule has 3 aromatic rings. The Morgan fingerprint density at radius 2 is 1.16 bits per heavy atom. The van der Waals surface area contributed by atoms with Crippen molar-refractivity contribution in [1.29, 1.82) is 0 Å². The lowest BCUT2D eigenvalue weighted by molar-refractivity contribution is 0.694. The predicted octanol–water partition coefficient (Wildman–Crippen LogP) is 8.14. The van der Waals surface area contributed by atoms with E-state index >= 15 is 0 Å². The Labute approximate surface area is 157 Å². The summed E-state index contributed by atoms with van der Waals surface area (Å²) in [5.74, 6) is 0. The maximum atomic E-state index is 2.53. The zero-order chi connectivity index (χ0) is 17.8. The molecule has 3 rings (SSSR count). The van der Waals surface area contributed by atoms with E-state index in [1.807, 2.05) is 11.3 Å². The van der Waals surface area contributed by atoms with Crippen LogP contribution in [0.3, 0.4) is 0 Å². The molecule has 0 aliphatic rings. The monoisotopic (exact) mass is 352 g/mol. The number of hydrogen-bond donors (Lipinski definition) is 0. The molecule has 0 nitrogen and oxygen atoms in total. The van der Waals surface area contributed by atoms with Crippen LogP contribution < -0.4 is 0 Å². The van der Waals surface area contributed by atoms with Crippen molar-refractivity contribution in [3.8, 4) is 0 Å². The molecule has 0 amide bonds. The van der Waals surface area contributed by atoms with Crippen LogP contribution in [-0.4, -0.2) is 0 Å². The van der Waals surface area contributed by atoms with Gasteiger partial charge in [0.2, 0.25) is 0 Å². The highest BCUT2D eigenvalue weighted by Crippen LogP contribution is 2.37. The Morgan fingerprint density at radius 3 is 1.80 bits per heavy atom. The van der Waals surface area contributed by atoms with Crippen molar-refractivity contribution in [2.24, 2.45) is 0 Å². The van der Waals surface area contributed by atoms with Gasteiger partial charge < -0.3 is 0 Å². The lowest BCUT2D eigenvalue weighted by Crippen LogP contribution is -1.95. The molecule has 0 fully saturated rings. The Bertz CT molecular complexity index is 854. The third-order valence-corrected chi connectivity index (χ3v) is 6.62. The van der Waals surface area contributed by atoms with Crippen molar-refractivity contribution in [2.45, 2.75) is 79.1 Å². The molecule has 25 heavy (non-hydrogen) atoms. The fourth-order valence-corrected chi connectivity index (χ4v) is 4.99. The zero-order valence-corrected chi connectivity index (χ0v) is 17.2. The molecule has 0 unspecified atom stereocenters. The summed E-state index contributed by atoms with van der Waals surface area (Å²) >= 11 is 1.97. The van der Waals surface area contributed by atoms with Gasteiger partial charge in [-0.3, -0.25) is 0 Å². The summed E-state index contributed by atoms with van der Waals surface area (Å²) in [6.07, 6.45) is 10.4. The first-order chi connectivity index (χ1) is 12.1. The quantitative estimate of drug-likeness (QED) is 0.359. The van der Waals surface area contributed by atoms with Crippen LogP contribution in [0.15, 0.2) is 24.3 Å². The summed E-state index contributed by atoms with van der Waals surface area (Å²) in [7, 11) is 0. The van der Waals surface area contributed by atoms with E-state index < -0.39 is 0 Å². The van der Waals surface area contributed by atoms with Crippen LogP contribution in [-0.2, 0) is 12.8 Å². The number of hydrogen-bond acceptors (Lipinski definition) is 1. The molecule has 1 aromatic heterocycles. The van der Waals surface area contributed by atoms with E-state index in [1.165, 1.54) is 82.7 Å². The Balaban J connectivity index is 2.05. The predicted molar refractivity (Wildman–Crippen MR) is 115 cm³/mol. The Morgan fingerprint density at radius 1 is 0.640 bits per heavy atom. The highest BCUT2D eigenvalue weighted by molar-refractivity contribution is 7.25. The van der Waals surface area contributed by atoms with Crippen LogP contribution in [0, 0.1) is 13.8 Å². The largest absolute Gasteiger partial charge is 0.135 e. The van der Waals surface area contributed by atoms with Crippen LogP contribution in [0.5, 0.6) is 0 Å². The van der Waals surface area contributed by atoms with Crippen molar-refractivity contribution in [3.05, 3.63) is 46.5 Å². The minimum Gasteiger partial charge on any atom is -0.135 e. The lowest BCUT2D eigenvalue weighted by Gasteiger charge is -2.11. The second-order valence-corrected chi connectivity index (χ2v) is 8.65. The van der Waals surface area contributed by atoms with Crippen LogP contribution >= 0.6 is 11.3 Å². The lowest BCUT2D eigenvalue weighted by atomic mass is 9.95. The van der Waals surface area contributed by atoms with Crippen molar-refractivity contribution in [3.63, 3.8) is 0 Å². The van der Waals surface area contributed by atoms with Crippen molar-refractivity contribution >= 4 is 31.5 Å². The minimum absolute atomic E-state index is 1.24. The number of benzene rings is 2. The van der Waals surface area contributed by atoms with E-state index in [1.54, 1.807) is 11.1 Å². The molecular weight excluding hydrogens is 320 g/mol. The average Bonchev–Trinajstić information content (AvgIpc) is 2.92. The van der Waals surface area contributed by atoms with Crippen molar-refractivity contribution in [2.75, 3.05) is 0 Å². The van der Waals surface area contributed by atoms with Gasteiger partial charge in [0.15, 0.2) is 0 Å². The summed E-state index contributed by atoms with van der Waals surface area (Å²) < 4.78 is 2.93. The van der Waals surface area contributed by atoms with Crippen LogP contribution in [0.2, 0.25) is 0 Å². The summed E-state index contributed by atoms with van der Waals surface area (Å²) in [5, 5.41) is 2.94. The van der Waals surface area contributed by atoms with E-state index in [4.69, 9.17) is 0 Å². The normalized spacial score (nSPS) is 11.7. The molecule has 0 N–H and O–H groups in total. The minimum atomic E-state index is 1.24. The first-order valence-electron chi connectivity index (χ1n) is 10.1. The van der Waals surface area contributed by atoms with E-state index in [-0.39, 0.29) is 0 Å². The summed E-state index contributed by atoms with van der Waals surface area (Å²) in [6, 6.07) is 9.82. The summed E-state index contributed by atoms with van der Waals surface area (Å²) in [4.78, 5) is 0. The molecule has 1 heteroatoms. The molecule has 0 saturated heterocycles. The highest BCUT2D eigenvalue weighted by Gasteiger charge is 2.11. The molecule has 2 aromatic carbocycles. The number of aryl methyl sites for hydroxylation is 4. The fraction of sp³-hybridized carbons (Fsp3) is 0.500. The first-order valence-corrected chi connectivity index (χ1v) is 10.9. The first kappa shape index (κ1) is 18.5. The molecule has 0 atom stereocenters. The van der Waals surface area contributed by atoms with Gasteiger partial charge in [-0.05, 0) is 86.1 Å². The fourth-order valence-electron chi connectivity index (χ4n) is 3.76. The van der Waals surface area contributed by atoms with Gasteiger partial charge in [-0.2, -0.15) is 0 Å². The van der Waals surface area contributed by atoms with Crippen LogP contribution in [0.4, 0.5) is 0 Å². The van der Waals surface area contributed by atoms with E-state index in [0.717, 1.165) is 0 Å². The molecule has 0 aliphatic carbocycles. The second-order valence-electron chi connectivity index (χ2n) is 7.57. The maximum Gasteiger partial charge on any atom is 0.0358 e. The molecule has 0 spiro atoms. The zero-order valence-electron chi connectivity index (χ0n) is 16.4. The SMILES string of the molecule is CCCCCc1cc2sc3cc(C)c(C)cc3c2cc1CCCCC. The van der Waals surface area contributed by atoms with Crippen molar-refractivity contribution < 1.29 is 0 Å². The van der Waals surface area contributed by atoms with Gasteiger partial charge in [0.1, 0.15) is 0 Å². The van der Waals surface area contributed by atoms with Gasteiger partial charge in [0.25, 0.3) is 0 Å². The van der Waals surface area contributed by atoms with Crippen molar-refractivity contribution in [1.82, 2.24) is 0 Å². The Hall–Kier alpha value is -1.34. The molecule has 0 saturated carbocycles. The molecule has 134 valence electrons. The molecule has 1 heterocycles. The van der Waals surface area contributed by atoms with Gasteiger partial charge in [-0.1, -0.05) is 39.5 Å². The number of thiophene rings is 1. The number of fused-ring (bicyclic) bond motifs is 3. The smallest absolute Gasteiger partial charge is 0.0358 e. The maximum absolute atomic E-state index is 2.53. The third-order valence-electron chi connectivity index (χ3n) is 5.51. The second kappa shape index (κ2) is 8.36. The Kier molecular flexibility index (Phi) is 6.17. The van der Waals surface area contributed by atoms with Gasteiger partial charge in [0, 0.05) is 20.2 Å². The number of rotatable bonds is 8. The van der Waals surface area contributed by atoms with Gasteiger partial charge in [0.05, 0.1) is 0 Å². The standard InChI is InChI=1S/C24H32S/c1-5-7-9-11-19-15-22-21-13-17(3)18(4)14-23(21)25-24(22)16-20(19)12-10-8-6-2/h13-16H,5-12H2,1-4H3. The topological polar surface area (TPSA) is 0 Å².